The number of nitrogens with one attached hydrogen (secondary N) is 1. The van der Waals surface area contributed by atoms with Crippen molar-refractivity contribution in [3.63, 3.8) is 0 Å². The number of carbonyl (C=O) groups is 2. The first-order valence-electron chi connectivity index (χ1n) is 8.59. The van der Waals surface area contributed by atoms with E-state index in [0.29, 0.717) is 16.5 Å². The number of hydrogen-bond acceptors (Lipinski definition) is 5. The molecule has 8 heteroatoms. The van der Waals surface area contributed by atoms with Crippen molar-refractivity contribution in [3.05, 3.63) is 82.5 Å². The Kier molecular flexibility index (Phi) is 6.69. The summed E-state index contributed by atoms with van der Waals surface area (Å²) in [5.41, 5.74) is 0.457. The molecule has 0 aliphatic carbocycles. The lowest BCUT2D eigenvalue weighted by molar-refractivity contribution is -0.123. The minimum atomic E-state index is -1.08. The third kappa shape index (κ3) is 5.47. The predicted molar refractivity (Wildman–Crippen MR) is 111 cm³/mol. The quantitative estimate of drug-likeness (QED) is 0.532. The van der Waals surface area contributed by atoms with Crippen LogP contribution in [0.2, 0.25) is 10.0 Å². The van der Waals surface area contributed by atoms with Crippen LogP contribution >= 0.6 is 23.2 Å². The molecular formula is C21H16Cl2N2O4. The Morgan fingerprint density at radius 1 is 1.03 bits per heavy atom. The highest BCUT2D eigenvalue weighted by atomic mass is 35.5. The van der Waals surface area contributed by atoms with Crippen LogP contribution in [0.15, 0.2) is 66.9 Å². The normalized spacial score (nSPS) is 11.4. The van der Waals surface area contributed by atoms with Gasteiger partial charge in [0.2, 0.25) is 5.88 Å². The van der Waals surface area contributed by atoms with Crippen LogP contribution in [0.1, 0.15) is 17.3 Å². The minimum absolute atomic E-state index is 0.0806. The highest BCUT2D eigenvalue weighted by Gasteiger charge is 2.23. The third-order valence-corrected chi connectivity index (χ3v) is 4.34. The van der Waals surface area contributed by atoms with Gasteiger partial charge in [0, 0.05) is 11.2 Å². The molecule has 148 valence electrons. The van der Waals surface area contributed by atoms with Crippen molar-refractivity contribution in [1.29, 1.82) is 0 Å². The van der Waals surface area contributed by atoms with Gasteiger partial charge in [-0.15, -0.1) is 0 Å². The van der Waals surface area contributed by atoms with Crippen LogP contribution in [0, 0.1) is 0 Å². The van der Waals surface area contributed by atoms with E-state index in [0.717, 1.165) is 0 Å². The number of pyridine rings is 1. The van der Waals surface area contributed by atoms with Crippen LogP contribution in [0.4, 0.5) is 5.69 Å². The van der Waals surface area contributed by atoms with Crippen molar-refractivity contribution in [2.75, 3.05) is 5.32 Å². The highest BCUT2D eigenvalue weighted by Crippen LogP contribution is 2.26. The fourth-order valence-electron chi connectivity index (χ4n) is 2.33. The summed E-state index contributed by atoms with van der Waals surface area (Å²) >= 11 is 11.9. The number of halogens is 2. The molecule has 3 rings (SSSR count). The molecule has 0 saturated heterocycles. The van der Waals surface area contributed by atoms with E-state index >= 15 is 0 Å². The van der Waals surface area contributed by atoms with Gasteiger partial charge in [-0.05, 0) is 49.4 Å². The molecule has 1 unspecified atom stereocenters. The van der Waals surface area contributed by atoms with Crippen molar-refractivity contribution >= 4 is 40.8 Å². The number of carbonyl (C=O) groups excluding carboxylic acids is 2. The second-order valence-electron chi connectivity index (χ2n) is 5.93. The van der Waals surface area contributed by atoms with Crippen molar-refractivity contribution in [2.45, 2.75) is 13.0 Å². The van der Waals surface area contributed by atoms with E-state index in [1.165, 1.54) is 25.3 Å². The number of rotatable bonds is 6. The van der Waals surface area contributed by atoms with E-state index in [-0.39, 0.29) is 16.5 Å². The maximum absolute atomic E-state index is 12.6. The smallest absolute Gasteiger partial charge is 0.344 e. The average Bonchev–Trinajstić information content (AvgIpc) is 2.71. The Labute approximate surface area is 177 Å². The molecule has 0 bridgehead atoms. The summed E-state index contributed by atoms with van der Waals surface area (Å²) < 4.78 is 10.9. The monoisotopic (exact) mass is 430 g/mol. The molecule has 0 radical (unpaired) electrons. The van der Waals surface area contributed by atoms with Gasteiger partial charge in [-0.1, -0.05) is 41.4 Å². The molecule has 2 aromatic carbocycles. The lowest BCUT2D eigenvalue weighted by Gasteiger charge is -2.15. The Morgan fingerprint density at radius 2 is 1.79 bits per heavy atom. The number of hydrogen-bond donors (Lipinski definition) is 1. The first-order chi connectivity index (χ1) is 13.9. The molecule has 0 aliphatic rings. The Morgan fingerprint density at radius 3 is 2.52 bits per heavy atom. The second-order valence-corrected chi connectivity index (χ2v) is 6.78. The van der Waals surface area contributed by atoms with Crippen LogP contribution in [0.3, 0.4) is 0 Å². The summed E-state index contributed by atoms with van der Waals surface area (Å²) in [5.74, 6) is -0.689. The van der Waals surface area contributed by atoms with Gasteiger partial charge in [0.25, 0.3) is 5.91 Å². The molecule has 0 saturated carbocycles. The zero-order valence-corrected chi connectivity index (χ0v) is 16.8. The lowest BCUT2D eigenvalue weighted by Crippen LogP contribution is -2.30. The van der Waals surface area contributed by atoms with Crippen LogP contribution in [0.25, 0.3) is 0 Å². The highest BCUT2D eigenvalue weighted by molar-refractivity contribution is 6.36. The Hall–Kier alpha value is -3.09. The average molecular weight is 431 g/mol. The van der Waals surface area contributed by atoms with Crippen molar-refractivity contribution in [2.24, 2.45) is 0 Å². The third-order valence-electron chi connectivity index (χ3n) is 3.79. The van der Waals surface area contributed by atoms with E-state index in [4.69, 9.17) is 32.7 Å². The number of nitrogens with zero attached hydrogens (tertiary/aromatic N) is 1. The summed E-state index contributed by atoms with van der Waals surface area (Å²) in [6.45, 7) is 1.45. The topological polar surface area (TPSA) is 77.5 Å². The molecule has 0 spiro atoms. The molecule has 29 heavy (non-hydrogen) atoms. The van der Waals surface area contributed by atoms with Gasteiger partial charge in [-0.3, -0.25) is 4.79 Å². The molecule has 1 heterocycles. The minimum Gasteiger partial charge on any atom is -0.449 e. The lowest BCUT2D eigenvalue weighted by atomic mass is 10.2. The van der Waals surface area contributed by atoms with Crippen molar-refractivity contribution < 1.29 is 19.1 Å². The SMILES string of the molecule is CC(OC(=O)c1cccnc1Oc1ccccc1)C(=O)Nc1ccc(Cl)cc1Cl. The summed E-state index contributed by atoms with van der Waals surface area (Å²) in [6.07, 6.45) is 0.410. The summed E-state index contributed by atoms with van der Waals surface area (Å²) in [6, 6.07) is 16.6. The standard InChI is InChI=1S/C21H16Cl2N2O4/c1-13(19(26)25-18-10-9-14(22)12-17(18)23)28-21(27)16-8-5-11-24-20(16)29-15-6-3-2-4-7-15/h2-13H,1H3,(H,25,26). The number of para-hydroxylation sites is 1. The number of anilines is 1. The van der Waals surface area contributed by atoms with Gasteiger partial charge < -0.3 is 14.8 Å². The van der Waals surface area contributed by atoms with Gasteiger partial charge >= 0.3 is 5.97 Å². The largest absolute Gasteiger partial charge is 0.449 e. The molecule has 1 atom stereocenters. The molecule has 0 aliphatic heterocycles. The van der Waals surface area contributed by atoms with Crippen LogP contribution in [-0.4, -0.2) is 23.0 Å². The van der Waals surface area contributed by atoms with E-state index in [9.17, 15) is 9.59 Å². The van der Waals surface area contributed by atoms with Crippen LogP contribution < -0.4 is 10.1 Å². The maximum Gasteiger partial charge on any atom is 0.344 e. The van der Waals surface area contributed by atoms with Gasteiger partial charge in [0.1, 0.15) is 11.3 Å². The zero-order valence-electron chi connectivity index (χ0n) is 15.3. The van der Waals surface area contributed by atoms with E-state index in [1.807, 2.05) is 6.07 Å². The Bertz CT molecular complexity index is 1030. The summed E-state index contributed by atoms with van der Waals surface area (Å²) in [5, 5.41) is 3.31. The maximum atomic E-state index is 12.6. The molecular weight excluding hydrogens is 415 g/mol. The van der Waals surface area contributed by atoms with Crippen molar-refractivity contribution in [3.8, 4) is 11.6 Å². The van der Waals surface area contributed by atoms with E-state index < -0.39 is 18.0 Å². The first kappa shape index (κ1) is 20.6. The van der Waals surface area contributed by atoms with Gasteiger partial charge in [0.15, 0.2) is 6.10 Å². The van der Waals surface area contributed by atoms with Gasteiger partial charge in [-0.25, -0.2) is 9.78 Å². The Balaban J connectivity index is 1.69. The van der Waals surface area contributed by atoms with Gasteiger partial charge in [-0.2, -0.15) is 0 Å². The molecule has 1 N–H and O–H groups in total. The fourth-order valence-corrected chi connectivity index (χ4v) is 2.79. The van der Waals surface area contributed by atoms with E-state index in [2.05, 4.69) is 10.3 Å². The number of amides is 1. The number of benzene rings is 2. The van der Waals surface area contributed by atoms with E-state index in [1.54, 1.807) is 42.5 Å². The molecule has 6 nitrogen and oxygen atoms in total. The van der Waals surface area contributed by atoms with Crippen LogP contribution in [0.5, 0.6) is 11.6 Å². The summed E-state index contributed by atoms with van der Waals surface area (Å²) in [4.78, 5) is 29.0. The molecule has 3 aromatic rings. The predicted octanol–water partition coefficient (Wildman–Crippen LogP) is 5.36. The van der Waals surface area contributed by atoms with Crippen molar-refractivity contribution in [1.82, 2.24) is 4.98 Å². The fraction of sp³-hybridized carbons (Fsp3) is 0.0952. The van der Waals surface area contributed by atoms with Crippen LogP contribution in [-0.2, 0) is 9.53 Å². The number of esters is 1. The molecule has 1 amide bonds. The zero-order chi connectivity index (χ0) is 20.8. The number of ether oxygens (including phenoxy) is 2. The summed E-state index contributed by atoms with van der Waals surface area (Å²) in [7, 11) is 0. The van der Waals surface area contributed by atoms with Gasteiger partial charge in [0.05, 0.1) is 10.7 Å². The first-order valence-corrected chi connectivity index (χ1v) is 9.34. The molecule has 0 fully saturated rings. The number of aromatic nitrogens is 1. The molecule has 1 aromatic heterocycles. The second kappa shape index (κ2) is 9.41.